The molecule has 8 atom stereocenters. The van der Waals surface area contributed by atoms with Crippen LogP contribution in [0, 0.1) is 82.2 Å². The van der Waals surface area contributed by atoms with Crippen LogP contribution in [-0.4, -0.2) is 45.4 Å². The van der Waals surface area contributed by atoms with Crippen LogP contribution in [0.25, 0.3) is 0 Å². The zero-order valence-corrected chi connectivity index (χ0v) is 37.8. The average Bonchev–Trinajstić information content (AvgIpc) is 3.22. The Balaban J connectivity index is 0.000000205. The van der Waals surface area contributed by atoms with Gasteiger partial charge in [-0.2, -0.15) is 22.0 Å². The summed E-state index contributed by atoms with van der Waals surface area (Å²) in [6, 6.07) is 1.93. The Morgan fingerprint density at radius 1 is 0.698 bits per heavy atom. The molecule has 1 N–H and O–H groups in total. The van der Waals surface area contributed by atoms with Crippen LogP contribution in [0.15, 0.2) is 24.3 Å². The molecule has 4 saturated carbocycles. The van der Waals surface area contributed by atoms with Gasteiger partial charge in [-0.25, -0.2) is 34.8 Å². The van der Waals surface area contributed by atoms with E-state index in [9.17, 15) is 48.3 Å². The second kappa shape index (κ2) is 23.9. The molecule has 2 aromatic rings. The van der Waals surface area contributed by atoms with Crippen LogP contribution < -0.4 is 4.74 Å². The van der Waals surface area contributed by atoms with Crippen LogP contribution in [-0.2, 0) is 21.5 Å². The Morgan fingerprint density at radius 3 is 1.60 bits per heavy atom. The quantitative estimate of drug-likeness (QED) is 0.0708. The lowest BCUT2D eigenvalue weighted by molar-refractivity contribution is -0.229. The lowest BCUT2D eigenvalue weighted by Crippen LogP contribution is -2.41. The van der Waals surface area contributed by atoms with Crippen LogP contribution in [0.2, 0.25) is 0 Å². The van der Waals surface area contributed by atoms with E-state index in [1.165, 1.54) is 50.0 Å². The molecule has 63 heavy (non-hydrogen) atoms. The molecule has 7 rings (SSSR count). The third-order valence-electron chi connectivity index (χ3n) is 12.9. The molecule has 4 aliphatic carbocycles. The largest absolute Gasteiger partial charge is 0.741 e. The molecule has 358 valence electrons. The van der Waals surface area contributed by atoms with Crippen molar-refractivity contribution in [3.05, 3.63) is 59.2 Å². The van der Waals surface area contributed by atoms with Crippen LogP contribution in [0.1, 0.15) is 123 Å². The van der Waals surface area contributed by atoms with Gasteiger partial charge in [-0.05, 0) is 99.7 Å². The van der Waals surface area contributed by atoms with Crippen LogP contribution in [0.3, 0.4) is 0 Å². The summed E-state index contributed by atoms with van der Waals surface area (Å²) in [5.41, 5.74) is -5.65. The molecule has 0 aromatic heterocycles. The lowest BCUT2D eigenvalue weighted by Gasteiger charge is -2.43. The number of alkyl halides is 5. The molecule has 5 nitrogen and oxygen atoms in total. The molecule has 0 spiro atoms. The van der Waals surface area contributed by atoms with Crippen LogP contribution >= 0.6 is 11.8 Å². The first-order valence-electron chi connectivity index (χ1n) is 21.7. The van der Waals surface area contributed by atoms with Crippen molar-refractivity contribution < 1.29 is 71.1 Å². The molecule has 19 heteroatoms. The maximum absolute atomic E-state index is 14.6. The molecule has 0 amide bonds. The third kappa shape index (κ3) is 15.9. The second-order valence-corrected chi connectivity index (χ2v) is 21.3. The Morgan fingerprint density at radius 2 is 1.14 bits per heavy atom. The molecule has 4 fully saturated rings. The van der Waals surface area contributed by atoms with Crippen LogP contribution in [0.4, 0.5) is 48.3 Å². The highest BCUT2D eigenvalue weighted by atomic mass is 32.2. The molecule has 1 heterocycles. The highest BCUT2D eigenvalue weighted by Gasteiger charge is 2.48. The van der Waals surface area contributed by atoms with Gasteiger partial charge in [0.1, 0.15) is 11.5 Å². The number of benzene rings is 2. The summed E-state index contributed by atoms with van der Waals surface area (Å²) in [7, 11) is -6.09. The van der Waals surface area contributed by atoms with E-state index in [1.807, 2.05) is 4.20 Å². The fraction of sp³-hybridized carbons (Fsp3) is 0.705. The summed E-state index contributed by atoms with van der Waals surface area (Å²) >= 11 is 4.39. The predicted octanol–water partition coefficient (Wildman–Crippen LogP) is 13.5. The van der Waals surface area contributed by atoms with Crippen molar-refractivity contribution in [1.29, 1.82) is 0 Å². The maximum Gasteiger partial charge on any atom is 0.485 e. The molecule has 5 aliphatic rings. The van der Waals surface area contributed by atoms with E-state index in [1.54, 1.807) is 25.7 Å². The SMILES string of the molecule is CCCC1CCC2CC(C(F)(F)Oc3cc(F)c(F)c(F)c3)CCC2C1.CCCC1CCC2CC(C3=[S+]CCCS3)CCC2C1.O=S(=O)([O-])C(F)(F)F.Oc1cc(F)c(F)c(F)c1. The Bertz CT molecular complexity index is 1870. The summed E-state index contributed by atoms with van der Waals surface area (Å²) in [4.78, 5) is 0. The number of fused-ring (bicyclic) bond motifs is 2. The van der Waals surface area contributed by atoms with Crippen molar-refractivity contribution in [2.24, 2.45) is 47.3 Å². The normalized spacial score (nSPS) is 27.4. The fourth-order valence-corrected chi connectivity index (χ4v) is 12.8. The van der Waals surface area contributed by atoms with Gasteiger partial charge in [0.15, 0.2) is 62.1 Å². The number of rotatable bonds is 8. The van der Waals surface area contributed by atoms with E-state index in [2.05, 4.69) is 41.7 Å². The molecule has 0 saturated heterocycles. The molecule has 0 bridgehead atoms. The zero-order valence-electron chi connectivity index (χ0n) is 35.3. The third-order valence-corrected chi connectivity index (χ3v) is 16.4. The van der Waals surface area contributed by atoms with Gasteiger partial charge < -0.3 is 14.4 Å². The molecular formula is C44H57F11O5S3. The Labute approximate surface area is 371 Å². The van der Waals surface area contributed by atoms with Gasteiger partial charge in [-0.15, -0.1) is 0 Å². The number of phenolic OH excluding ortho intramolecular Hbond substituents is 1. The first-order valence-corrected chi connectivity index (χ1v) is 25.1. The zero-order chi connectivity index (χ0) is 46.7. The summed E-state index contributed by atoms with van der Waals surface area (Å²) in [5.74, 6) is -2.92. The average molecular weight is 971 g/mol. The highest BCUT2D eigenvalue weighted by molar-refractivity contribution is 8.23. The lowest BCUT2D eigenvalue weighted by atomic mass is 9.64. The number of hydrogen-bond acceptors (Lipinski definition) is 6. The highest BCUT2D eigenvalue weighted by Crippen LogP contribution is 2.50. The van der Waals surface area contributed by atoms with E-state index in [0.717, 1.165) is 55.8 Å². The summed E-state index contributed by atoms with van der Waals surface area (Å²) in [6.07, 6.45) is 17.0. The molecule has 8 unspecified atom stereocenters. The van der Waals surface area contributed by atoms with E-state index in [0.29, 0.717) is 48.9 Å². The minimum atomic E-state index is -6.09. The first-order chi connectivity index (χ1) is 29.5. The number of thioether (sulfide) groups is 1. The van der Waals surface area contributed by atoms with Crippen molar-refractivity contribution in [3.63, 3.8) is 0 Å². The summed E-state index contributed by atoms with van der Waals surface area (Å²) in [5, 5.41) is 8.47. The van der Waals surface area contributed by atoms with E-state index in [4.69, 9.17) is 18.1 Å². The number of halogens is 11. The summed E-state index contributed by atoms with van der Waals surface area (Å²) in [6.45, 7) is 4.53. The van der Waals surface area contributed by atoms with Crippen molar-refractivity contribution in [1.82, 2.24) is 0 Å². The van der Waals surface area contributed by atoms with Crippen molar-refractivity contribution in [2.75, 3.05) is 11.5 Å². The number of ether oxygens (including phenoxy) is 1. The van der Waals surface area contributed by atoms with Crippen LogP contribution in [0.5, 0.6) is 11.5 Å². The smallest absolute Gasteiger partial charge is 0.485 e. The van der Waals surface area contributed by atoms with Gasteiger partial charge in [-0.1, -0.05) is 64.1 Å². The van der Waals surface area contributed by atoms with Gasteiger partial charge in [0.2, 0.25) is 4.20 Å². The van der Waals surface area contributed by atoms with Gasteiger partial charge in [-0.3, -0.25) is 0 Å². The standard InChI is InChI=1S/C20H25F5O.C17H29S2.C6H3F3O.CHF3O3S/c1-2-3-12-4-5-14-9-15(7-6-13(14)8-12)20(24,25)26-16-10-17(21)19(23)18(22)11-16;1-2-4-13-5-6-15-12-16(8-7-14(15)11-13)17-18-9-3-10-19-17;7-4-1-3(10)2-5(8)6(4)9;2-1(3,4)8(5,6)7/h10-15H,2-9H2,1H3;13-16H,2-12H2,1H3;1-2,10H;(H,5,6,7)/q;+1;;/p-1. The van der Waals surface area contributed by atoms with Gasteiger partial charge in [0, 0.05) is 42.4 Å². The monoisotopic (exact) mass is 970 g/mol. The second-order valence-electron chi connectivity index (χ2n) is 17.4. The number of aromatic hydroxyl groups is 1. The Hall–Kier alpha value is -2.38. The fourth-order valence-electron chi connectivity index (χ4n) is 9.89. The number of hydrogen-bond donors (Lipinski definition) is 1. The minimum absolute atomic E-state index is 0.262. The minimum Gasteiger partial charge on any atom is -0.741 e. The predicted molar refractivity (Wildman–Crippen MR) is 223 cm³/mol. The maximum atomic E-state index is 14.6. The van der Waals surface area contributed by atoms with Gasteiger partial charge >= 0.3 is 11.6 Å². The van der Waals surface area contributed by atoms with Gasteiger partial charge in [0.25, 0.3) is 0 Å². The molecule has 2 aromatic carbocycles. The number of phenols is 1. The van der Waals surface area contributed by atoms with E-state index < -0.39 is 74.1 Å². The summed E-state index contributed by atoms with van der Waals surface area (Å²) < 4.78 is 170. The van der Waals surface area contributed by atoms with E-state index in [-0.39, 0.29) is 5.92 Å². The van der Waals surface area contributed by atoms with E-state index >= 15 is 0 Å². The van der Waals surface area contributed by atoms with Crippen molar-refractivity contribution >= 4 is 37.4 Å². The molecular weight excluding hydrogens is 914 g/mol. The Kier molecular flexibility index (Phi) is 20.2. The van der Waals surface area contributed by atoms with Crippen molar-refractivity contribution in [2.45, 2.75) is 135 Å². The molecule has 1 aliphatic heterocycles. The molecule has 0 radical (unpaired) electrons. The topological polar surface area (TPSA) is 86.7 Å². The van der Waals surface area contributed by atoms with Gasteiger partial charge in [0.05, 0.1) is 5.92 Å². The first kappa shape index (κ1) is 53.2. The van der Waals surface area contributed by atoms with Crippen molar-refractivity contribution in [3.8, 4) is 11.5 Å².